The van der Waals surface area contributed by atoms with E-state index in [1.807, 2.05) is 65.8 Å². The Morgan fingerprint density at radius 1 is 1.19 bits per heavy atom. The van der Waals surface area contributed by atoms with E-state index in [0.29, 0.717) is 13.0 Å². The standard InChI is InChI=1S/C20H25N5O/c1-16-14-17(2)25(23-16)13-6-10-20(26)22-19(15-24-12-7-11-21-24)18-8-4-3-5-9-18/h3-5,7-9,11-12,14,19H,6,10,13,15H2,1-2H3,(H,22,26). The van der Waals surface area contributed by atoms with Gasteiger partial charge in [-0.1, -0.05) is 30.3 Å². The second-order valence-electron chi connectivity index (χ2n) is 6.51. The number of aryl methyl sites for hydroxylation is 3. The first-order chi connectivity index (χ1) is 12.6. The van der Waals surface area contributed by atoms with Crippen LogP contribution in [0.15, 0.2) is 54.9 Å². The Kier molecular flexibility index (Phi) is 5.84. The largest absolute Gasteiger partial charge is 0.347 e. The van der Waals surface area contributed by atoms with Gasteiger partial charge >= 0.3 is 0 Å². The summed E-state index contributed by atoms with van der Waals surface area (Å²) >= 11 is 0. The maximum atomic E-state index is 12.5. The van der Waals surface area contributed by atoms with Crippen molar-refractivity contribution >= 4 is 5.91 Å². The maximum absolute atomic E-state index is 12.5. The normalized spacial score (nSPS) is 12.1. The Hall–Kier alpha value is -2.89. The zero-order valence-corrected chi connectivity index (χ0v) is 15.3. The van der Waals surface area contributed by atoms with Crippen LogP contribution in [-0.4, -0.2) is 25.5 Å². The van der Waals surface area contributed by atoms with Gasteiger partial charge in [0.25, 0.3) is 0 Å². The molecule has 1 N–H and O–H groups in total. The minimum absolute atomic E-state index is 0.0486. The quantitative estimate of drug-likeness (QED) is 0.678. The predicted octanol–water partition coefficient (Wildman–Crippen LogP) is 3.03. The molecule has 6 heteroatoms. The molecule has 26 heavy (non-hydrogen) atoms. The van der Waals surface area contributed by atoms with E-state index in [-0.39, 0.29) is 11.9 Å². The third kappa shape index (κ3) is 4.81. The lowest BCUT2D eigenvalue weighted by Gasteiger charge is -2.19. The van der Waals surface area contributed by atoms with Crippen molar-refractivity contribution in [3.05, 3.63) is 71.8 Å². The van der Waals surface area contributed by atoms with Gasteiger partial charge in [-0.2, -0.15) is 10.2 Å². The molecule has 1 amide bonds. The number of hydrogen-bond donors (Lipinski definition) is 1. The van der Waals surface area contributed by atoms with Crippen molar-refractivity contribution in [3.8, 4) is 0 Å². The fraction of sp³-hybridized carbons (Fsp3) is 0.350. The summed E-state index contributed by atoms with van der Waals surface area (Å²) in [5.41, 5.74) is 3.22. The van der Waals surface area contributed by atoms with Gasteiger partial charge in [0.05, 0.1) is 18.3 Å². The fourth-order valence-corrected chi connectivity index (χ4v) is 3.07. The van der Waals surface area contributed by atoms with E-state index in [9.17, 15) is 4.79 Å². The molecule has 0 aliphatic heterocycles. The van der Waals surface area contributed by atoms with E-state index < -0.39 is 0 Å². The lowest BCUT2D eigenvalue weighted by molar-refractivity contribution is -0.122. The van der Waals surface area contributed by atoms with E-state index in [2.05, 4.69) is 21.6 Å². The van der Waals surface area contributed by atoms with Crippen molar-refractivity contribution in [2.45, 2.75) is 45.8 Å². The monoisotopic (exact) mass is 351 g/mol. The molecule has 3 aromatic rings. The summed E-state index contributed by atoms with van der Waals surface area (Å²) in [6.45, 7) is 5.38. The first-order valence-corrected chi connectivity index (χ1v) is 8.94. The molecule has 0 bridgehead atoms. The van der Waals surface area contributed by atoms with E-state index in [0.717, 1.165) is 29.9 Å². The number of carbonyl (C=O) groups excluding carboxylic acids is 1. The highest BCUT2D eigenvalue weighted by atomic mass is 16.1. The van der Waals surface area contributed by atoms with Crippen molar-refractivity contribution in [2.75, 3.05) is 0 Å². The van der Waals surface area contributed by atoms with Crippen LogP contribution < -0.4 is 5.32 Å². The predicted molar refractivity (Wildman–Crippen MR) is 100 cm³/mol. The first-order valence-electron chi connectivity index (χ1n) is 8.94. The highest BCUT2D eigenvalue weighted by molar-refractivity contribution is 5.76. The highest BCUT2D eigenvalue weighted by Gasteiger charge is 2.15. The zero-order chi connectivity index (χ0) is 18.4. The molecule has 1 unspecified atom stereocenters. The molecule has 2 heterocycles. The molecule has 3 rings (SSSR count). The maximum Gasteiger partial charge on any atom is 0.220 e. The first kappa shape index (κ1) is 17.9. The van der Waals surface area contributed by atoms with E-state index in [4.69, 9.17) is 0 Å². The number of carbonyl (C=O) groups is 1. The third-order valence-corrected chi connectivity index (χ3v) is 4.34. The topological polar surface area (TPSA) is 64.7 Å². The average molecular weight is 351 g/mol. The average Bonchev–Trinajstić information content (AvgIpc) is 3.25. The van der Waals surface area contributed by atoms with Crippen LogP contribution in [-0.2, 0) is 17.9 Å². The van der Waals surface area contributed by atoms with Gasteiger partial charge in [-0.15, -0.1) is 0 Å². The smallest absolute Gasteiger partial charge is 0.220 e. The number of benzene rings is 1. The Bertz CT molecular complexity index is 823. The zero-order valence-electron chi connectivity index (χ0n) is 15.3. The Labute approximate surface area is 153 Å². The fourth-order valence-electron chi connectivity index (χ4n) is 3.07. The highest BCUT2D eigenvalue weighted by Crippen LogP contribution is 2.15. The lowest BCUT2D eigenvalue weighted by atomic mass is 10.1. The van der Waals surface area contributed by atoms with Gasteiger partial charge in [0.15, 0.2) is 0 Å². The Morgan fingerprint density at radius 3 is 2.65 bits per heavy atom. The van der Waals surface area contributed by atoms with Crippen LogP contribution in [0.25, 0.3) is 0 Å². The van der Waals surface area contributed by atoms with Crippen LogP contribution in [0.3, 0.4) is 0 Å². The minimum atomic E-state index is -0.0997. The van der Waals surface area contributed by atoms with Crippen molar-refractivity contribution in [1.29, 1.82) is 0 Å². The number of nitrogens with one attached hydrogen (secondary N) is 1. The molecule has 0 aliphatic rings. The van der Waals surface area contributed by atoms with E-state index in [1.165, 1.54) is 0 Å². The Morgan fingerprint density at radius 2 is 2.00 bits per heavy atom. The lowest BCUT2D eigenvalue weighted by Crippen LogP contribution is -2.31. The molecular weight excluding hydrogens is 326 g/mol. The second kappa shape index (κ2) is 8.47. The summed E-state index contributed by atoms with van der Waals surface area (Å²) in [5, 5.41) is 11.8. The molecule has 136 valence electrons. The number of rotatable bonds is 8. The van der Waals surface area contributed by atoms with Crippen LogP contribution in [0, 0.1) is 13.8 Å². The van der Waals surface area contributed by atoms with Gasteiger partial charge in [-0.05, 0) is 38.0 Å². The summed E-state index contributed by atoms with van der Waals surface area (Å²) in [4.78, 5) is 12.5. The molecule has 1 atom stereocenters. The van der Waals surface area contributed by atoms with Gasteiger partial charge < -0.3 is 5.32 Å². The molecule has 0 saturated carbocycles. The van der Waals surface area contributed by atoms with Crippen LogP contribution >= 0.6 is 0 Å². The molecular formula is C20H25N5O. The van der Waals surface area contributed by atoms with Crippen molar-refractivity contribution in [2.24, 2.45) is 0 Å². The minimum Gasteiger partial charge on any atom is -0.347 e. The number of aromatic nitrogens is 4. The Balaban J connectivity index is 1.57. The number of nitrogens with zero attached hydrogens (tertiary/aromatic N) is 4. The molecule has 1 aromatic carbocycles. The molecule has 0 fully saturated rings. The van der Waals surface area contributed by atoms with Crippen LogP contribution in [0.5, 0.6) is 0 Å². The summed E-state index contributed by atoms with van der Waals surface area (Å²) in [7, 11) is 0. The number of amides is 1. The van der Waals surface area contributed by atoms with Gasteiger partial charge in [0.2, 0.25) is 5.91 Å². The van der Waals surface area contributed by atoms with Crippen LogP contribution in [0.4, 0.5) is 0 Å². The van der Waals surface area contributed by atoms with Crippen molar-refractivity contribution in [1.82, 2.24) is 24.9 Å². The summed E-state index contributed by atoms with van der Waals surface area (Å²) < 4.78 is 3.80. The van der Waals surface area contributed by atoms with Crippen molar-refractivity contribution < 1.29 is 4.79 Å². The van der Waals surface area contributed by atoms with Crippen LogP contribution in [0.1, 0.15) is 35.8 Å². The summed E-state index contributed by atoms with van der Waals surface area (Å²) in [6, 6.07) is 13.9. The van der Waals surface area contributed by atoms with E-state index in [1.54, 1.807) is 6.20 Å². The number of hydrogen-bond acceptors (Lipinski definition) is 3. The van der Waals surface area contributed by atoms with Crippen molar-refractivity contribution in [3.63, 3.8) is 0 Å². The molecule has 0 saturated heterocycles. The SMILES string of the molecule is Cc1cc(C)n(CCCC(=O)NC(Cn2cccn2)c2ccccc2)n1. The third-order valence-electron chi connectivity index (χ3n) is 4.34. The van der Waals surface area contributed by atoms with Crippen LogP contribution in [0.2, 0.25) is 0 Å². The van der Waals surface area contributed by atoms with Gasteiger partial charge in [0.1, 0.15) is 0 Å². The van der Waals surface area contributed by atoms with E-state index >= 15 is 0 Å². The van der Waals surface area contributed by atoms with Gasteiger partial charge in [-0.3, -0.25) is 14.2 Å². The summed E-state index contributed by atoms with van der Waals surface area (Å²) in [5.74, 6) is 0.0486. The van der Waals surface area contributed by atoms with Gasteiger partial charge in [-0.25, -0.2) is 0 Å². The molecule has 0 aliphatic carbocycles. The van der Waals surface area contributed by atoms with Gasteiger partial charge in [0, 0.05) is 31.1 Å². The summed E-state index contributed by atoms with van der Waals surface area (Å²) in [6.07, 6.45) is 4.89. The molecule has 6 nitrogen and oxygen atoms in total. The second-order valence-corrected chi connectivity index (χ2v) is 6.51. The molecule has 2 aromatic heterocycles. The molecule has 0 radical (unpaired) electrons. The molecule has 0 spiro atoms.